The zero-order chi connectivity index (χ0) is 61.5. The molecule has 22 heteroatoms. The summed E-state index contributed by atoms with van der Waals surface area (Å²) in [6.07, 6.45) is 4.37. The summed E-state index contributed by atoms with van der Waals surface area (Å²) in [7, 11) is -0.500. The molecule has 0 unspecified atom stereocenters. The van der Waals surface area contributed by atoms with Gasteiger partial charge in [0.2, 0.25) is 11.6 Å². The normalized spacial score (nSPS) is 19.7. The number of ketones is 3. The van der Waals surface area contributed by atoms with E-state index in [9.17, 15) is 44.7 Å². The zero-order valence-corrected chi connectivity index (χ0v) is 49.5. The van der Waals surface area contributed by atoms with Gasteiger partial charge in [0.1, 0.15) is 76.8 Å². The molecule has 6 atom stereocenters. The number of nitrogens with one attached hydrogen (secondary N) is 1. The van der Waals surface area contributed by atoms with E-state index in [0.717, 1.165) is 32.0 Å². The summed E-state index contributed by atoms with van der Waals surface area (Å²) in [4.78, 5) is 54.7. The molecule has 1 amide bonds. The van der Waals surface area contributed by atoms with Crippen molar-refractivity contribution in [2.45, 2.75) is 121 Å². The highest BCUT2D eigenvalue weighted by atomic mass is 31.2. The molecule has 0 bridgehead atoms. The number of aromatic nitrogens is 7. The SMILES string of the molecule is COc1cccc2c1C(=O)c1c(O)c3c(c(O)c1C2=O)C[C@@](O)(C(=O)CO)C[C@@H]3O[C@H]1C[C@H](NC(=O)c2nnc(-c3ccc(OCc4cn(CCCCCCCCC[P+](c5ccccc5)(c5ccccc5)c5ccccc5)nn4)cc3)nn2)[C@H](O)[C@H](C)O1. The summed E-state index contributed by atoms with van der Waals surface area (Å²) < 4.78 is 25.5. The molecule has 454 valence electrons. The lowest BCUT2D eigenvalue weighted by Gasteiger charge is -2.42. The summed E-state index contributed by atoms with van der Waals surface area (Å²) in [5.74, 6) is -4.80. The molecule has 8 aromatic rings. The number of phenols is 2. The van der Waals surface area contributed by atoms with E-state index in [0.29, 0.717) is 17.0 Å². The lowest BCUT2D eigenvalue weighted by Crippen LogP contribution is -2.56. The molecule has 0 radical (unpaired) electrons. The summed E-state index contributed by atoms with van der Waals surface area (Å²) in [6.45, 7) is 1.37. The van der Waals surface area contributed by atoms with Gasteiger partial charge in [-0.25, -0.2) is 0 Å². The average Bonchev–Trinajstić information content (AvgIpc) is 0.766. The molecule has 88 heavy (non-hydrogen) atoms. The largest absolute Gasteiger partial charge is 0.507 e. The molecule has 21 nitrogen and oxygen atoms in total. The number of hydrogen-bond acceptors (Lipinski definition) is 19. The van der Waals surface area contributed by atoms with Crippen molar-refractivity contribution in [2.75, 3.05) is 19.9 Å². The molecule has 2 aliphatic carbocycles. The number of benzene rings is 6. The molecule has 6 aromatic carbocycles. The topological polar surface area (TPSA) is 301 Å². The Morgan fingerprint density at radius 3 is 1.98 bits per heavy atom. The van der Waals surface area contributed by atoms with Crippen molar-refractivity contribution in [3.05, 3.63) is 185 Å². The van der Waals surface area contributed by atoms with Crippen LogP contribution >= 0.6 is 7.26 Å². The lowest BCUT2D eigenvalue weighted by molar-refractivity contribution is -0.249. The Kier molecular flexibility index (Phi) is 18.5. The summed E-state index contributed by atoms with van der Waals surface area (Å²) in [5, 5.41) is 88.2. The standard InChI is InChI=1S/C66H67N8O13P/c1-40-58(77)49(34-53(86-40)87-51-36-66(83,52(76)38-75)35-48-55(51)62(81)57-56(60(48)79)59(78)47-26-19-27-50(84-2)54(47)61(57)80)67-65(82)64-71-69-63(70-72-64)41-28-30-43(31-29-41)85-39-42-37-74(73-68-42)32-17-6-4-3-5-7-18-33-88(44-20-11-8-12-21-44,45-22-13-9-14-23-45)46-24-15-10-16-25-46/h8-16,19-31,37,40,49,51,53,58,75,77,83H,3-7,17-18,32-36,38-39H2,1-2H3,(H2-,67,68,69,70,71,72,73,78,79,80,81,82)/p+1/t40-,49-,51-,53-,58+,66-/m0/s1. The number of amides is 1. The van der Waals surface area contributed by atoms with Crippen LogP contribution in [0.15, 0.2) is 140 Å². The van der Waals surface area contributed by atoms with Crippen LogP contribution in [-0.4, -0.2) is 134 Å². The number of aliphatic hydroxyl groups excluding tert-OH is 2. The number of carbonyl (C=O) groups is 4. The number of aliphatic hydroxyl groups is 3. The predicted molar refractivity (Wildman–Crippen MR) is 325 cm³/mol. The van der Waals surface area contributed by atoms with Crippen molar-refractivity contribution in [1.82, 2.24) is 40.7 Å². The van der Waals surface area contributed by atoms with Gasteiger partial charge in [-0.05, 0) is 92.9 Å². The van der Waals surface area contributed by atoms with Gasteiger partial charge in [-0.2, -0.15) is 0 Å². The van der Waals surface area contributed by atoms with Crippen LogP contribution in [-0.2, 0) is 33.8 Å². The molecular formula is C66H68N8O13P+. The Morgan fingerprint density at radius 2 is 1.35 bits per heavy atom. The van der Waals surface area contributed by atoms with Gasteiger partial charge in [0.05, 0.1) is 54.4 Å². The van der Waals surface area contributed by atoms with Crippen LogP contribution in [0.2, 0.25) is 0 Å². The fourth-order valence-electron chi connectivity index (χ4n) is 12.3. The first-order chi connectivity index (χ1) is 42.7. The fourth-order valence-corrected chi connectivity index (χ4v) is 16.7. The van der Waals surface area contributed by atoms with Gasteiger partial charge in [0.15, 0.2) is 17.9 Å². The fraction of sp³-hybridized carbons (Fsp3) is 0.333. The smallest absolute Gasteiger partial charge is 0.293 e. The van der Waals surface area contributed by atoms with Crippen LogP contribution in [0.4, 0.5) is 0 Å². The summed E-state index contributed by atoms with van der Waals surface area (Å²) in [6, 6.07) is 43.3. The average molecular weight is 1210 g/mol. The minimum atomic E-state index is -2.39. The first kappa shape index (κ1) is 61.0. The van der Waals surface area contributed by atoms with E-state index >= 15 is 0 Å². The number of methoxy groups -OCH3 is 1. The van der Waals surface area contributed by atoms with Gasteiger partial charge in [-0.15, -0.1) is 25.5 Å². The maximum atomic E-state index is 14.1. The van der Waals surface area contributed by atoms with Crippen molar-refractivity contribution in [3.63, 3.8) is 0 Å². The second-order valence-electron chi connectivity index (χ2n) is 22.4. The third-order valence-corrected chi connectivity index (χ3v) is 21.3. The van der Waals surface area contributed by atoms with Crippen molar-refractivity contribution in [2.24, 2.45) is 0 Å². The van der Waals surface area contributed by atoms with E-state index in [1.165, 1.54) is 73.8 Å². The number of hydrogen-bond donors (Lipinski definition) is 6. The van der Waals surface area contributed by atoms with Gasteiger partial charge in [-0.3, -0.25) is 23.9 Å². The number of nitrogens with zero attached hydrogens (tertiary/aromatic N) is 7. The maximum absolute atomic E-state index is 14.1. The molecule has 6 N–H and O–H groups in total. The highest BCUT2D eigenvalue weighted by Gasteiger charge is 2.51. The van der Waals surface area contributed by atoms with Crippen LogP contribution in [0.3, 0.4) is 0 Å². The summed E-state index contributed by atoms with van der Waals surface area (Å²) in [5.41, 5.74) is -3.00. The molecule has 1 fully saturated rings. The number of rotatable bonds is 24. The van der Waals surface area contributed by atoms with Gasteiger partial charge < -0.3 is 49.8 Å². The molecule has 2 aromatic heterocycles. The van der Waals surface area contributed by atoms with Gasteiger partial charge in [0, 0.05) is 48.1 Å². The maximum Gasteiger partial charge on any atom is 0.293 e. The summed E-state index contributed by atoms with van der Waals surface area (Å²) >= 11 is 0. The predicted octanol–water partition coefficient (Wildman–Crippen LogP) is 6.61. The van der Waals surface area contributed by atoms with Crippen LogP contribution in [0.5, 0.6) is 23.0 Å². The Labute approximate surface area is 508 Å². The first-order valence-electron chi connectivity index (χ1n) is 29.5. The number of unbranched alkanes of at least 4 members (excludes halogenated alkanes) is 6. The molecule has 11 rings (SSSR count). The third kappa shape index (κ3) is 12.4. The van der Waals surface area contributed by atoms with E-state index in [1.807, 2.05) is 10.9 Å². The van der Waals surface area contributed by atoms with Crippen LogP contribution in [0.25, 0.3) is 11.4 Å². The van der Waals surface area contributed by atoms with E-state index in [2.05, 4.69) is 127 Å². The van der Waals surface area contributed by atoms with Gasteiger partial charge >= 0.3 is 0 Å². The number of Topliss-reactive ketones (excluding diaryl/α,β-unsaturated/α-hetero) is 1. The Morgan fingerprint density at radius 1 is 0.739 bits per heavy atom. The van der Waals surface area contributed by atoms with E-state index in [1.54, 1.807) is 24.3 Å². The molecule has 1 aliphatic heterocycles. The number of carbonyl (C=O) groups excluding carboxylic acids is 4. The van der Waals surface area contributed by atoms with Gasteiger partial charge in [0.25, 0.3) is 11.7 Å². The van der Waals surface area contributed by atoms with Crippen LogP contribution in [0.1, 0.15) is 130 Å². The second kappa shape index (κ2) is 26.7. The van der Waals surface area contributed by atoms with Crippen molar-refractivity contribution >= 4 is 46.4 Å². The van der Waals surface area contributed by atoms with Crippen molar-refractivity contribution in [1.29, 1.82) is 0 Å². The van der Waals surface area contributed by atoms with Crippen molar-refractivity contribution in [3.8, 4) is 34.4 Å². The molecule has 3 heterocycles. The monoisotopic (exact) mass is 1210 g/mol. The Balaban J connectivity index is 0.648. The van der Waals surface area contributed by atoms with E-state index in [-0.39, 0.29) is 46.9 Å². The molecule has 0 saturated carbocycles. The minimum Gasteiger partial charge on any atom is -0.507 e. The molecule has 0 spiro atoms. The third-order valence-electron chi connectivity index (χ3n) is 16.8. The highest BCUT2D eigenvalue weighted by Crippen LogP contribution is 2.56. The minimum absolute atomic E-state index is 0.0459. The van der Waals surface area contributed by atoms with Crippen molar-refractivity contribution < 1.29 is 63.7 Å². The van der Waals surface area contributed by atoms with Crippen LogP contribution < -0.4 is 30.7 Å². The second-order valence-corrected chi connectivity index (χ2v) is 26.0. The number of ether oxygens (including phenoxy) is 4. The Bertz CT molecular complexity index is 3710. The number of phenolic OH excluding ortho intramolecular Hbond substituents is 2. The molecular weight excluding hydrogens is 1140 g/mol. The number of aryl methyl sites for hydroxylation is 1. The van der Waals surface area contributed by atoms with Gasteiger partial charge in [-0.1, -0.05) is 97.6 Å². The zero-order valence-electron chi connectivity index (χ0n) is 48.6. The van der Waals surface area contributed by atoms with Crippen LogP contribution in [0, 0.1) is 0 Å². The lowest BCUT2D eigenvalue weighted by atomic mass is 9.72. The highest BCUT2D eigenvalue weighted by molar-refractivity contribution is 7.95. The number of fused-ring (bicyclic) bond motifs is 3. The first-order valence-corrected chi connectivity index (χ1v) is 31.5. The molecule has 3 aliphatic rings. The van der Waals surface area contributed by atoms with E-state index < -0.39 is 115 Å². The Hall–Kier alpha value is -8.69. The number of aromatic hydroxyl groups is 2. The van der Waals surface area contributed by atoms with E-state index in [4.69, 9.17) is 18.9 Å². The quantitative estimate of drug-likeness (QED) is 0.0210. The molecule has 1 saturated heterocycles.